The summed E-state index contributed by atoms with van der Waals surface area (Å²) in [6.07, 6.45) is 5.99. The number of hydrogen-bond acceptors (Lipinski definition) is 6. The number of hydrogen-bond donors (Lipinski definition) is 1. The van der Waals surface area contributed by atoms with E-state index in [4.69, 9.17) is 11.6 Å². The first-order chi connectivity index (χ1) is 14.4. The Hall–Kier alpha value is -2.19. The Kier molecular flexibility index (Phi) is 7.66. The van der Waals surface area contributed by atoms with Crippen LogP contribution in [-0.4, -0.2) is 51.0 Å². The average Bonchev–Trinajstić information content (AvgIpc) is 2.74. The van der Waals surface area contributed by atoms with Crippen molar-refractivity contribution < 1.29 is 9.59 Å². The van der Waals surface area contributed by atoms with Gasteiger partial charge < -0.3 is 10.2 Å². The van der Waals surface area contributed by atoms with E-state index in [9.17, 15) is 9.59 Å². The molecule has 2 aromatic rings. The van der Waals surface area contributed by atoms with Gasteiger partial charge in [-0.05, 0) is 57.1 Å². The van der Waals surface area contributed by atoms with Gasteiger partial charge in [0.2, 0.25) is 11.8 Å². The summed E-state index contributed by atoms with van der Waals surface area (Å²) in [5.74, 6) is 0.167. The van der Waals surface area contributed by atoms with Crippen molar-refractivity contribution in [2.45, 2.75) is 44.7 Å². The fourth-order valence-electron chi connectivity index (χ4n) is 3.65. The number of amides is 2. The van der Waals surface area contributed by atoms with Crippen molar-refractivity contribution in [3.8, 4) is 0 Å². The molecule has 0 saturated carbocycles. The summed E-state index contributed by atoms with van der Waals surface area (Å²) in [5, 5.41) is 4.08. The van der Waals surface area contributed by atoms with Crippen LogP contribution in [0.1, 0.15) is 36.2 Å². The topological polar surface area (TPSA) is 88.1 Å². The van der Waals surface area contributed by atoms with Gasteiger partial charge in [0, 0.05) is 37.1 Å². The van der Waals surface area contributed by atoms with Gasteiger partial charge in [-0.25, -0.2) is 15.0 Å². The Morgan fingerprint density at radius 1 is 1.27 bits per heavy atom. The van der Waals surface area contributed by atoms with Gasteiger partial charge in [0.15, 0.2) is 5.16 Å². The quantitative estimate of drug-likeness (QED) is 0.536. The highest BCUT2D eigenvalue weighted by Crippen LogP contribution is 2.21. The maximum Gasteiger partial charge on any atom is 0.230 e. The summed E-state index contributed by atoms with van der Waals surface area (Å²) in [7, 11) is 0. The maximum atomic E-state index is 12.8. The first-order valence-electron chi connectivity index (χ1n) is 9.95. The molecule has 1 aliphatic rings. The highest BCUT2D eigenvalue weighted by Gasteiger charge is 2.28. The fraction of sp³-hybridized carbons (Fsp3) is 0.476. The van der Waals surface area contributed by atoms with E-state index < -0.39 is 0 Å². The third-order valence-electron chi connectivity index (χ3n) is 5.30. The molecule has 2 aromatic heterocycles. The summed E-state index contributed by atoms with van der Waals surface area (Å²) in [5.41, 5.74) is 2.87. The second-order valence-electron chi connectivity index (χ2n) is 7.39. The van der Waals surface area contributed by atoms with Crippen molar-refractivity contribution in [1.82, 2.24) is 19.9 Å². The molecule has 0 aromatic carbocycles. The number of carbonyl (C=O) groups excluding carboxylic acids is 2. The van der Waals surface area contributed by atoms with E-state index in [1.807, 2.05) is 20.1 Å². The molecule has 0 aliphatic carbocycles. The van der Waals surface area contributed by atoms with Crippen LogP contribution in [0.2, 0.25) is 5.02 Å². The highest BCUT2D eigenvalue weighted by molar-refractivity contribution is 7.98. The monoisotopic (exact) mass is 447 g/mol. The molecule has 2 amide bonds. The average molecular weight is 448 g/mol. The van der Waals surface area contributed by atoms with E-state index in [-0.39, 0.29) is 17.7 Å². The molecule has 3 heterocycles. The van der Waals surface area contributed by atoms with Crippen LogP contribution in [0.4, 0.5) is 5.82 Å². The van der Waals surface area contributed by atoms with Crippen molar-refractivity contribution in [2.75, 3.05) is 24.7 Å². The van der Waals surface area contributed by atoms with Gasteiger partial charge in [-0.2, -0.15) is 0 Å². The number of halogens is 1. The number of piperidine rings is 1. The zero-order valence-electron chi connectivity index (χ0n) is 17.4. The molecular formula is C21H26ClN5O2S. The van der Waals surface area contributed by atoms with Crippen LogP contribution in [0.5, 0.6) is 0 Å². The van der Waals surface area contributed by atoms with Gasteiger partial charge in [0.05, 0.1) is 10.9 Å². The molecule has 1 saturated heterocycles. The SMILES string of the molecule is CSc1nc(C)c(CCC(=O)N2CCCC(C(=O)Nc3ccc(Cl)cn3)C2)c(C)n1. The number of rotatable bonds is 6. The lowest BCUT2D eigenvalue weighted by atomic mass is 9.96. The van der Waals surface area contributed by atoms with Gasteiger partial charge in [-0.1, -0.05) is 23.4 Å². The molecule has 0 radical (unpaired) electrons. The number of pyridine rings is 1. The minimum Gasteiger partial charge on any atom is -0.342 e. The number of nitrogens with one attached hydrogen (secondary N) is 1. The van der Waals surface area contributed by atoms with Gasteiger partial charge in [0.1, 0.15) is 5.82 Å². The molecule has 0 spiro atoms. The molecule has 9 heteroatoms. The fourth-order valence-corrected chi connectivity index (χ4v) is 4.22. The van der Waals surface area contributed by atoms with E-state index in [2.05, 4.69) is 20.3 Å². The zero-order valence-corrected chi connectivity index (χ0v) is 19.0. The van der Waals surface area contributed by atoms with Crippen LogP contribution >= 0.6 is 23.4 Å². The molecule has 30 heavy (non-hydrogen) atoms. The molecule has 1 N–H and O–H groups in total. The summed E-state index contributed by atoms with van der Waals surface area (Å²) in [6.45, 7) is 5.03. The molecule has 1 atom stereocenters. The normalized spacial score (nSPS) is 16.4. The molecular weight excluding hydrogens is 422 g/mol. The Labute approximate surface area is 186 Å². The maximum absolute atomic E-state index is 12.8. The van der Waals surface area contributed by atoms with Crippen molar-refractivity contribution >= 4 is 41.0 Å². The first-order valence-corrected chi connectivity index (χ1v) is 11.6. The zero-order chi connectivity index (χ0) is 21.7. The lowest BCUT2D eigenvalue weighted by molar-refractivity contribution is -0.134. The molecule has 160 valence electrons. The van der Waals surface area contributed by atoms with E-state index in [1.165, 1.54) is 18.0 Å². The van der Waals surface area contributed by atoms with E-state index in [1.54, 1.807) is 17.0 Å². The second-order valence-corrected chi connectivity index (χ2v) is 8.60. The van der Waals surface area contributed by atoms with Crippen LogP contribution in [0.15, 0.2) is 23.5 Å². The van der Waals surface area contributed by atoms with Gasteiger partial charge in [-0.15, -0.1) is 0 Å². The van der Waals surface area contributed by atoms with Gasteiger partial charge in [-0.3, -0.25) is 9.59 Å². The van der Waals surface area contributed by atoms with Crippen LogP contribution in [0.3, 0.4) is 0 Å². The van der Waals surface area contributed by atoms with E-state index in [0.717, 1.165) is 34.9 Å². The van der Waals surface area contributed by atoms with E-state index in [0.29, 0.717) is 36.8 Å². The summed E-state index contributed by atoms with van der Waals surface area (Å²) in [4.78, 5) is 40.3. The minimum absolute atomic E-state index is 0.0601. The number of thioether (sulfide) groups is 1. The molecule has 1 unspecified atom stereocenters. The Morgan fingerprint density at radius 3 is 2.63 bits per heavy atom. The third kappa shape index (κ3) is 5.70. The Balaban J connectivity index is 1.56. The number of nitrogens with zero attached hydrogens (tertiary/aromatic N) is 4. The van der Waals surface area contributed by atoms with E-state index >= 15 is 0 Å². The Bertz CT molecular complexity index is 899. The van der Waals surface area contributed by atoms with Crippen molar-refractivity contribution in [3.63, 3.8) is 0 Å². The van der Waals surface area contributed by atoms with Crippen molar-refractivity contribution in [3.05, 3.63) is 40.3 Å². The van der Waals surface area contributed by atoms with Crippen LogP contribution in [-0.2, 0) is 16.0 Å². The molecule has 1 fully saturated rings. The van der Waals surface area contributed by atoms with Gasteiger partial charge >= 0.3 is 0 Å². The minimum atomic E-state index is -0.243. The van der Waals surface area contributed by atoms with Gasteiger partial charge in [0.25, 0.3) is 0 Å². The lowest BCUT2D eigenvalue weighted by Crippen LogP contribution is -2.43. The predicted octanol–water partition coefficient (Wildman–Crippen LogP) is 3.67. The van der Waals surface area contributed by atoms with Crippen LogP contribution < -0.4 is 5.32 Å². The van der Waals surface area contributed by atoms with Crippen LogP contribution in [0.25, 0.3) is 0 Å². The second kappa shape index (κ2) is 10.2. The molecule has 3 rings (SSSR count). The summed E-state index contributed by atoms with van der Waals surface area (Å²) in [6, 6.07) is 3.35. The predicted molar refractivity (Wildman–Crippen MR) is 119 cm³/mol. The molecule has 0 bridgehead atoms. The largest absolute Gasteiger partial charge is 0.342 e. The number of likely N-dealkylation sites (tertiary alicyclic amines) is 1. The number of aryl methyl sites for hydroxylation is 2. The highest BCUT2D eigenvalue weighted by atomic mass is 35.5. The number of aromatic nitrogens is 3. The number of carbonyl (C=O) groups is 2. The third-order valence-corrected chi connectivity index (χ3v) is 6.07. The van der Waals surface area contributed by atoms with Crippen molar-refractivity contribution in [1.29, 1.82) is 0 Å². The van der Waals surface area contributed by atoms with Crippen LogP contribution in [0, 0.1) is 19.8 Å². The molecule has 7 nitrogen and oxygen atoms in total. The summed E-state index contributed by atoms with van der Waals surface area (Å²) < 4.78 is 0. The number of anilines is 1. The molecule has 1 aliphatic heterocycles. The Morgan fingerprint density at radius 2 is 2.00 bits per heavy atom. The van der Waals surface area contributed by atoms with Crippen molar-refractivity contribution in [2.24, 2.45) is 5.92 Å². The standard InChI is InChI=1S/C21H26ClN5O2S/c1-13-17(14(2)25-21(24-13)30-3)7-9-19(28)27-10-4-5-15(12-27)20(29)26-18-8-6-16(22)11-23-18/h6,8,11,15H,4-5,7,9-10,12H2,1-3H3,(H,23,26,29). The first kappa shape index (κ1) is 22.5. The lowest BCUT2D eigenvalue weighted by Gasteiger charge is -2.32. The smallest absolute Gasteiger partial charge is 0.230 e. The summed E-state index contributed by atoms with van der Waals surface area (Å²) >= 11 is 7.34.